The van der Waals surface area contributed by atoms with Crippen LogP contribution in [0, 0.1) is 11.8 Å². The molecule has 2 aliphatic rings. The van der Waals surface area contributed by atoms with E-state index in [9.17, 15) is 18.0 Å². The minimum Gasteiger partial charge on any atom is -0.452 e. The molecule has 1 aliphatic heterocycles. The number of benzene rings is 1. The predicted octanol–water partition coefficient (Wildman–Crippen LogP) is 3.22. The third-order valence-electron chi connectivity index (χ3n) is 6.24. The van der Waals surface area contributed by atoms with Crippen molar-refractivity contribution in [2.75, 3.05) is 19.7 Å². The molecule has 30 heavy (non-hydrogen) atoms. The highest BCUT2D eigenvalue weighted by Gasteiger charge is 2.31. The minimum atomic E-state index is -3.77. The molecule has 166 valence electrons. The molecule has 3 atom stereocenters. The quantitative estimate of drug-likeness (QED) is 0.663. The molecule has 0 bridgehead atoms. The van der Waals surface area contributed by atoms with Gasteiger partial charge >= 0.3 is 5.97 Å². The van der Waals surface area contributed by atoms with Crippen molar-refractivity contribution in [1.29, 1.82) is 0 Å². The first-order chi connectivity index (χ1) is 14.2. The normalized spacial score (nSPS) is 25.1. The van der Waals surface area contributed by atoms with Crippen LogP contribution in [0.5, 0.6) is 0 Å². The van der Waals surface area contributed by atoms with Crippen LogP contribution in [0.15, 0.2) is 23.1 Å². The number of rotatable bonds is 6. The van der Waals surface area contributed by atoms with Crippen molar-refractivity contribution in [3.8, 4) is 0 Å². The van der Waals surface area contributed by atoms with Gasteiger partial charge in [0.15, 0.2) is 6.61 Å². The molecule has 1 saturated heterocycles. The Labute approximate surface area is 183 Å². The topological polar surface area (TPSA) is 92.8 Å². The minimum absolute atomic E-state index is 0.0460. The molecule has 1 aromatic carbocycles. The number of esters is 1. The fourth-order valence-electron chi connectivity index (χ4n) is 4.14. The van der Waals surface area contributed by atoms with Crippen LogP contribution in [0.1, 0.15) is 56.3 Å². The molecule has 2 fully saturated rings. The molecule has 3 unspecified atom stereocenters. The van der Waals surface area contributed by atoms with Crippen molar-refractivity contribution in [2.24, 2.45) is 11.8 Å². The van der Waals surface area contributed by atoms with E-state index in [1.807, 2.05) is 0 Å². The number of halogens is 1. The second-order valence-electron chi connectivity index (χ2n) is 8.27. The molecule has 1 aromatic rings. The van der Waals surface area contributed by atoms with E-state index in [1.165, 1.54) is 22.5 Å². The van der Waals surface area contributed by atoms with E-state index in [4.69, 9.17) is 16.3 Å². The zero-order chi connectivity index (χ0) is 21.9. The van der Waals surface area contributed by atoms with Crippen molar-refractivity contribution >= 4 is 33.5 Å². The molecule has 1 saturated carbocycles. The molecule has 0 spiro atoms. The number of amides is 1. The highest BCUT2D eigenvalue weighted by molar-refractivity contribution is 7.89. The summed E-state index contributed by atoms with van der Waals surface area (Å²) in [6.45, 7) is 4.76. The molecule has 1 N–H and O–H groups in total. The maximum atomic E-state index is 12.8. The monoisotopic (exact) mass is 456 g/mol. The summed E-state index contributed by atoms with van der Waals surface area (Å²) in [5.41, 5.74) is 0.0460. The number of ether oxygens (including phenoxy) is 1. The van der Waals surface area contributed by atoms with Crippen LogP contribution in [-0.2, 0) is 19.6 Å². The zero-order valence-electron chi connectivity index (χ0n) is 17.4. The van der Waals surface area contributed by atoms with Crippen molar-refractivity contribution < 1.29 is 22.7 Å². The lowest BCUT2D eigenvalue weighted by molar-refractivity contribution is -0.125. The standard InChI is InChI=1S/C21H29ClN2O5S/c1-14-6-5-7-18(15(14)2)23-20(25)13-29-21(26)16-8-9-17(22)19(12-16)30(27,28)24-10-3-4-11-24/h8-9,12,14-15,18H,3-7,10-11,13H2,1-2H3,(H,23,25). The summed E-state index contributed by atoms with van der Waals surface area (Å²) in [6.07, 6.45) is 4.73. The van der Waals surface area contributed by atoms with Crippen LogP contribution in [0.25, 0.3) is 0 Å². The Bertz CT molecular complexity index is 899. The summed E-state index contributed by atoms with van der Waals surface area (Å²) >= 11 is 6.10. The summed E-state index contributed by atoms with van der Waals surface area (Å²) in [4.78, 5) is 24.5. The van der Waals surface area contributed by atoms with Gasteiger partial charge in [-0.3, -0.25) is 4.79 Å². The summed E-state index contributed by atoms with van der Waals surface area (Å²) in [7, 11) is -3.77. The predicted molar refractivity (Wildman–Crippen MR) is 114 cm³/mol. The summed E-state index contributed by atoms with van der Waals surface area (Å²) in [5.74, 6) is -0.206. The third-order valence-corrected chi connectivity index (χ3v) is 8.62. The molecule has 1 amide bonds. The van der Waals surface area contributed by atoms with E-state index >= 15 is 0 Å². The van der Waals surface area contributed by atoms with Gasteiger partial charge in [0.1, 0.15) is 4.90 Å². The number of nitrogens with one attached hydrogen (secondary N) is 1. The third kappa shape index (κ3) is 5.15. The number of hydrogen-bond acceptors (Lipinski definition) is 5. The van der Waals surface area contributed by atoms with Gasteiger partial charge in [0.05, 0.1) is 10.6 Å². The Morgan fingerprint density at radius 2 is 1.87 bits per heavy atom. The van der Waals surface area contributed by atoms with Gasteiger partial charge in [0.25, 0.3) is 5.91 Å². The lowest BCUT2D eigenvalue weighted by Crippen LogP contribution is -2.45. The molecule has 9 heteroatoms. The highest BCUT2D eigenvalue weighted by Crippen LogP contribution is 2.30. The van der Waals surface area contributed by atoms with Gasteiger partial charge in [-0.1, -0.05) is 38.3 Å². The van der Waals surface area contributed by atoms with E-state index in [0.717, 1.165) is 32.1 Å². The summed E-state index contributed by atoms with van der Waals surface area (Å²) in [5, 5.41) is 3.00. The van der Waals surface area contributed by atoms with Crippen LogP contribution in [0.2, 0.25) is 5.02 Å². The van der Waals surface area contributed by atoms with Crippen LogP contribution in [-0.4, -0.2) is 50.3 Å². The first kappa shape index (κ1) is 23.0. The Morgan fingerprint density at radius 3 is 2.57 bits per heavy atom. The second-order valence-corrected chi connectivity index (χ2v) is 10.6. The van der Waals surface area contributed by atoms with Gasteiger partial charge in [-0.15, -0.1) is 0 Å². The van der Waals surface area contributed by atoms with Crippen molar-refractivity contribution in [2.45, 2.75) is 56.9 Å². The van der Waals surface area contributed by atoms with Crippen molar-refractivity contribution in [3.63, 3.8) is 0 Å². The molecule has 3 rings (SSSR count). The second kappa shape index (κ2) is 9.66. The fourth-order valence-corrected chi connectivity index (χ4v) is 6.16. The highest BCUT2D eigenvalue weighted by atomic mass is 35.5. The molecule has 7 nitrogen and oxygen atoms in total. The SMILES string of the molecule is CC1CCCC(NC(=O)COC(=O)c2ccc(Cl)c(S(=O)(=O)N3CCCC3)c2)C1C. The van der Waals surface area contributed by atoms with Crippen molar-refractivity contribution in [1.82, 2.24) is 9.62 Å². The van der Waals surface area contributed by atoms with E-state index < -0.39 is 22.6 Å². The van der Waals surface area contributed by atoms with Crippen LogP contribution >= 0.6 is 11.6 Å². The van der Waals surface area contributed by atoms with Gasteiger partial charge in [-0.25, -0.2) is 13.2 Å². The summed E-state index contributed by atoms with van der Waals surface area (Å²) in [6, 6.07) is 4.07. The van der Waals surface area contributed by atoms with Gasteiger partial charge in [-0.05, 0) is 49.3 Å². The zero-order valence-corrected chi connectivity index (χ0v) is 19.0. The number of nitrogens with zero attached hydrogens (tertiary/aromatic N) is 1. The number of sulfonamides is 1. The van der Waals surface area contributed by atoms with E-state index in [-0.39, 0.29) is 27.4 Å². The molecule has 0 radical (unpaired) electrons. The van der Waals surface area contributed by atoms with Gasteiger partial charge in [0, 0.05) is 19.1 Å². The molecule has 1 aliphatic carbocycles. The smallest absolute Gasteiger partial charge is 0.338 e. The molecule has 1 heterocycles. The Hall–Kier alpha value is -1.64. The Morgan fingerprint density at radius 1 is 1.17 bits per heavy atom. The molecular weight excluding hydrogens is 428 g/mol. The summed E-state index contributed by atoms with van der Waals surface area (Å²) < 4.78 is 32.1. The van der Waals surface area contributed by atoms with E-state index in [1.54, 1.807) is 0 Å². The van der Waals surface area contributed by atoms with Crippen LogP contribution in [0.3, 0.4) is 0 Å². The average molecular weight is 457 g/mol. The largest absolute Gasteiger partial charge is 0.452 e. The maximum absolute atomic E-state index is 12.8. The van der Waals surface area contributed by atoms with E-state index in [2.05, 4.69) is 19.2 Å². The van der Waals surface area contributed by atoms with Crippen molar-refractivity contribution in [3.05, 3.63) is 28.8 Å². The number of hydrogen-bond donors (Lipinski definition) is 1. The van der Waals surface area contributed by atoms with Gasteiger partial charge in [-0.2, -0.15) is 4.31 Å². The molecular formula is C21H29ClN2O5S. The number of carbonyl (C=O) groups is 2. The average Bonchev–Trinajstić information content (AvgIpc) is 3.25. The Balaban J connectivity index is 1.62. The van der Waals surface area contributed by atoms with Gasteiger partial charge < -0.3 is 10.1 Å². The van der Waals surface area contributed by atoms with Crippen LogP contribution in [0.4, 0.5) is 0 Å². The fraction of sp³-hybridized carbons (Fsp3) is 0.619. The first-order valence-electron chi connectivity index (χ1n) is 10.5. The lowest BCUT2D eigenvalue weighted by atomic mass is 9.78. The first-order valence-corrected chi connectivity index (χ1v) is 12.3. The van der Waals surface area contributed by atoms with Crippen LogP contribution < -0.4 is 5.32 Å². The molecule has 0 aromatic heterocycles. The van der Waals surface area contributed by atoms with E-state index in [0.29, 0.717) is 24.9 Å². The number of carbonyl (C=O) groups excluding carboxylic acids is 2. The lowest BCUT2D eigenvalue weighted by Gasteiger charge is -2.34. The van der Waals surface area contributed by atoms with Gasteiger partial charge in [0.2, 0.25) is 10.0 Å². The Kier molecular flexibility index (Phi) is 7.42. The maximum Gasteiger partial charge on any atom is 0.338 e.